The molecule has 1 N–H and O–H groups in total. The number of hydrogen-bond acceptors (Lipinski definition) is 2. The third-order valence-electron chi connectivity index (χ3n) is 3.60. The summed E-state index contributed by atoms with van der Waals surface area (Å²) in [5.41, 5.74) is 1.40. The number of anilines is 1. The van der Waals surface area contributed by atoms with E-state index in [0.717, 1.165) is 5.52 Å². The van der Waals surface area contributed by atoms with Gasteiger partial charge >= 0.3 is 7.25 Å². The molecule has 4 nitrogen and oxygen atoms in total. The lowest BCUT2D eigenvalue weighted by atomic mass is 10.2. The number of aryl methyl sites for hydroxylation is 1. The van der Waals surface area contributed by atoms with Gasteiger partial charge in [0.25, 0.3) is 10.0 Å². The zero-order valence-electron chi connectivity index (χ0n) is 14.6. The Kier molecular flexibility index (Phi) is 6.89. The van der Waals surface area contributed by atoms with E-state index in [1.807, 2.05) is 41.8 Å². The van der Waals surface area contributed by atoms with Crippen molar-refractivity contribution in [2.45, 2.75) is 18.4 Å². The van der Waals surface area contributed by atoms with Crippen LogP contribution in [0.2, 0.25) is 5.02 Å². The monoisotopic (exact) mass is 434 g/mol. The SMILES string of the molecule is CC[n+]1cc(S(=O)(=O)Nc2ccccc2)c(Cl)c2ccccc21.F[B-](F)(F)F. The minimum Gasteiger partial charge on any atom is -0.418 e. The van der Waals surface area contributed by atoms with Gasteiger partial charge in [-0.2, -0.15) is 4.57 Å². The lowest BCUT2D eigenvalue weighted by molar-refractivity contribution is -0.669. The van der Waals surface area contributed by atoms with Crippen LogP contribution in [0.15, 0.2) is 65.7 Å². The van der Waals surface area contributed by atoms with Crippen LogP contribution in [0.5, 0.6) is 0 Å². The van der Waals surface area contributed by atoms with E-state index in [2.05, 4.69) is 4.72 Å². The number of halogens is 5. The van der Waals surface area contributed by atoms with Crippen molar-refractivity contribution >= 4 is 45.5 Å². The molecule has 0 radical (unpaired) electrons. The van der Waals surface area contributed by atoms with Crippen molar-refractivity contribution < 1.29 is 30.2 Å². The normalized spacial score (nSPS) is 11.6. The maximum atomic E-state index is 12.7. The van der Waals surface area contributed by atoms with Crippen molar-refractivity contribution in [2.24, 2.45) is 0 Å². The number of para-hydroxylation sites is 2. The van der Waals surface area contributed by atoms with E-state index >= 15 is 0 Å². The highest BCUT2D eigenvalue weighted by Gasteiger charge is 2.25. The van der Waals surface area contributed by atoms with E-state index in [1.54, 1.807) is 30.5 Å². The molecule has 0 aliphatic rings. The fourth-order valence-electron chi connectivity index (χ4n) is 2.48. The van der Waals surface area contributed by atoms with Crippen molar-refractivity contribution in [2.75, 3.05) is 4.72 Å². The molecule has 0 aliphatic carbocycles. The number of hydrogen-bond donors (Lipinski definition) is 1. The molecule has 0 atom stereocenters. The molecular weight excluding hydrogens is 419 g/mol. The van der Waals surface area contributed by atoms with Gasteiger partial charge in [-0.25, -0.2) is 8.42 Å². The average Bonchev–Trinajstić information content (AvgIpc) is 2.61. The molecule has 28 heavy (non-hydrogen) atoms. The van der Waals surface area contributed by atoms with Crippen LogP contribution in [-0.2, 0) is 16.6 Å². The molecule has 0 aliphatic heterocycles. The number of sulfonamides is 1. The fourth-order valence-corrected chi connectivity index (χ4v) is 4.16. The van der Waals surface area contributed by atoms with E-state index in [4.69, 9.17) is 11.6 Å². The van der Waals surface area contributed by atoms with Gasteiger partial charge in [0.15, 0.2) is 11.1 Å². The highest BCUT2D eigenvalue weighted by Crippen LogP contribution is 2.29. The van der Waals surface area contributed by atoms with Crippen LogP contribution in [-0.4, -0.2) is 15.7 Å². The quantitative estimate of drug-likeness (QED) is 0.361. The van der Waals surface area contributed by atoms with Gasteiger partial charge in [-0.1, -0.05) is 41.9 Å². The van der Waals surface area contributed by atoms with E-state index in [0.29, 0.717) is 17.6 Å². The van der Waals surface area contributed by atoms with Gasteiger partial charge in [-0.05, 0) is 25.1 Å². The maximum absolute atomic E-state index is 12.7. The van der Waals surface area contributed by atoms with Gasteiger partial charge in [-0.3, -0.25) is 4.72 Å². The van der Waals surface area contributed by atoms with Crippen LogP contribution in [0.4, 0.5) is 23.0 Å². The maximum Gasteiger partial charge on any atom is 0.673 e. The first-order valence-electron chi connectivity index (χ1n) is 8.09. The van der Waals surface area contributed by atoms with E-state index < -0.39 is 17.3 Å². The zero-order chi connectivity index (χ0) is 20.9. The van der Waals surface area contributed by atoms with Crippen LogP contribution < -0.4 is 9.29 Å². The summed E-state index contributed by atoms with van der Waals surface area (Å²) >= 11 is 6.39. The fraction of sp³-hybridized carbons (Fsp3) is 0.118. The molecular formula is C17H16BClF4N2O2S. The molecule has 0 spiro atoms. The molecule has 3 aromatic rings. The van der Waals surface area contributed by atoms with Crippen molar-refractivity contribution in [3.8, 4) is 0 Å². The van der Waals surface area contributed by atoms with Crippen LogP contribution in [0.3, 0.4) is 0 Å². The number of nitrogens with one attached hydrogen (secondary N) is 1. The second kappa shape index (κ2) is 8.79. The lowest BCUT2D eigenvalue weighted by Crippen LogP contribution is -2.34. The second-order valence-corrected chi connectivity index (χ2v) is 7.61. The number of fused-ring (bicyclic) bond motifs is 1. The highest BCUT2D eigenvalue weighted by atomic mass is 35.5. The summed E-state index contributed by atoms with van der Waals surface area (Å²) < 4.78 is 68.9. The molecule has 3 rings (SSSR count). The Hall–Kier alpha value is -2.33. The predicted molar refractivity (Wildman–Crippen MR) is 102 cm³/mol. The summed E-state index contributed by atoms with van der Waals surface area (Å²) in [6, 6.07) is 16.2. The summed E-state index contributed by atoms with van der Waals surface area (Å²) in [5.74, 6) is 0. The zero-order valence-corrected chi connectivity index (χ0v) is 16.2. The van der Waals surface area contributed by atoms with Gasteiger partial charge in [-0.15, -0.1) is 0 Å². The second-order valence-electron chi connectivity index (χ2n) is 5.58. The number of nitrogens with zero attached hydrogens (tertiary/aromatic N) is 1. The molecule has 0 saturated heterocycles. The molecule has 0 bridgehead atoms. The summed E-state index contributed by atoms with van der Waals surface area (Å²) in [5, 5.41) is 0.945. The molecule has 2 aromatic carbocycles. The Morgan fingerprint density at radius 1 is 1.00 bits per heavy atom. The highest BCUT2D eigenvalue weighted by molar-refractivity contribution is 7.92. The first-order chi connectivity index (χ1) is 13.0. The van der Waals surface area contributed by atoms with E-state index in [-0.39, 0.29) is 9.92 Å². The minimum atomic E-state index is -6.00. The Morgan fingerprint density at radius 2 is 1.54 bits per heavy atom. The predicted octanol–water partition coefficient (Wildman–Crippen LogP) is 4.90. The van der Waals surface area contributed by atoms with Gasteiger partial charge < -0.3 is 17.3 Å². The first kappa shape index (κ1) is 22.0. The topological polar surface area (TPSA) is 50.0 Å². The Morgan fingerprint density at radius 3 is 2.11 bits per heavy atom. The Bertz CT molecular complexity index is 1060. The number of pyridine rings is 1. The number of aromatic nitrogens is 1. The molecule has 0 saturated carbocycles. The average molecular weight is 435 g/mol. The number of benzene rings is 2. The Balaban J connectivity index is 0.000000500. The van der Waals surface area contributed by atoms with Crippen molar-refractivity contribution in [3.63, 3.8) is 0 Å². The van der Waals surface area contributed by atoms with Gasteiger partial charge in [0.1, 0.15) is 6.54 Å². The minimum absolute atomic E-state index is 0.0727. The van der Waals surface area contributed by atoms with Crippen molar-refractivity contribution in [3.05, 3.63) is 65.8 Å². The molecule has 150 valence electrons. The molecule has 1 aromatic heterocycles. The van der Waals surface area contributed by atoms with Crippen molar-refractivity contribution in [1.29, 1.82) is 0 Å². The van der Waals surface area contributed by atoms with Crippen LogP contribution in [0.25, 0.3) is 10.9 Å². The third-order valence-corrected chi connectivity index (χ3v) is 5.51. The van der Waals surface area contributed by atoms with Gasteiger partial charge in [0.2, 0.25) is 5.52 Å². The molecule has 0 fully saturated rings. The number of rotatable bonds is 4. The van der Waals surface area contributed by atoms with Gasteiger partial charge in [0.05, 0.1) is 10.4 Å². The van der Waals surface area contributed by atoms with Crippen LogP contribution >= 0.6 is 11.6 Å². The Labute approximate surface area is 164 Å². The summed E-state index contributed by atoms with van der Waals surface area (Å²) in [7, 11) is -9.77. The van der Waals surface area contributed by atoms with Crippen molar-refractivity contribution in [1.82, 2.24) is 0 Å². The van der Waals surface area contributed by atoms with Crippen LogP contribution in [0, 0.1) is 0 Å². The smallest absolute Gasteiger partial charge is 0.418 e. The molecule has 11 heteroatoms. The van der Waals surface area contributed by atoms with Crippen LogP contribution in [0.1, 0.15) is 6.92 Å². The molecule has 1 heterocycles. The summed E-state index contributed by atoms with van der Waals surface area (Å²) in [4.78, 5) is 0.0727. The first-order valence-corrected chi connectivity index (χ1v) is 9.95. The van der Waals surface area contributed by atoms with Gasteiger partial charge in [0, 0.05) is 11.8 Å². The van der Waals surface area contributed by atoms with E-state index in [9.17, 15) is 25.7 Å². The standard InChI is InChI=1S/C17H16ClN2O2S.BF4/c1-2-20-12-16(17(18)14-10-6-7-11-15(14)20)23(21,22)19-13-8-4-3-5-9-13;2-1(3,4)5/h3-12,19H,2H2,1H3;/q+1;-1. The summed E-state index contributed by atoms with van der Waals surface area (Å²) in [6.07, 6.45) is 1.58. The molecule has 0 amide bonds. The lowest BCUT2D eigenvalue weighted by Gasteiger charge is -2.10. The van der Waals surface area contributed by atoms with E-state index in [1.165, 1.54) is 0 Å². The third kappa shape index (κ3) is 5.83. The summed E-state index contributed by atoms with van der Waals surface area (Å²) in [6.45, 7) is 2.60. The largest absolute Gasteiger partial charge is 0.673 e. The molecule has 0 unspecified atom stereocenters.